The minimum absolute atomic E-state index is 0.865. The molecule has 32 heavy (non-hydrogen) atoms. The van der Waals surface area contributed by atoms with Gasteiger partial charge in [0.15, 0.2) is 0 Å². The van der Waals surface area contributed by atoms with E-state index in [4.69, 9.17) is 9.40 Å². The number of pyridine rings is 2. The van der Waals surface area contributed by atoms with E-state index in [-0.39, 0.29) is 0 Å². The maximum Gasteiger partial charge on any atom is 0.143 e. The number of nitrogens with zero attached hydrogens (tertiary/aromatic N) is 3. The predicted molar refractivity (Wildman–Crippen MR) is 130 cm³/mol. The molecule has 0 atom stereocenters. The highest BCUT2D eigenvalue weighted by Gasteiger charge is 2.21. The molecule has 0 N–H and O–H groups in total. The van der Waals surface area contributed by atoms with Crippen molar-refractivity contribution in [2.75, 3.05) is 4.90 Å². The standard InChI is InChI=1S/C28H17N3O/c1-2-10-25-20(6-1)22-16-18-13-15-31(24-9-5-7-21(27(18)24)28(22)32-25)26-12-11-19(17-30-26)23-8-3-4-14-29-23/h1-17H. The highest BCUT2D eigenvalue weighted by molar-refractivity contribution is 6.20. The summed E-state index contributed by atoms with van der Waals surface area (Å²) in [7, 11) is 0. The van der Waals surface area contributed by atoms with Crippen molar-refractivity contribution in [3.63, 3.8) is 0 Å². The van der Waals surface area contributed by atoms with Crippen LogP contribution in [-0.4, -0.2) is 9.97 Å². The highest BCUT2D eigenvalue weighted by atomic mass is 16.3. The molecular formula is C28H17N3O. The van der Waals surface area contributed by atoms with Gasteiger partial charge in [0.05, 0.1) is 11.4 Å². The lowest BCUT2D eigenvalue weighted by atomic mass is 9.96. The third-order valence-electron chi connectivity index (χ3n) is 6.13. The van der Waals surface area contributed by atoms with Crippen molar-refractivity contribution >= 4 is 50.3 Å². The zero-order valence-electron chi connectivity index (χ0n) is 17.1. The van der Waals surface area contributed by atoms with Crippen LogP contribution in [0.4, 0.5) is 11.5 Å². The molecular weight excluding hydrogens is 394 g/mol. The van der Waals surface area contributed by atoms with E-state index in [2.05, 4.69) is 64.6 Å². The Labute approximate surface area is 184 Å². The second kappa shape index (κ2) is 6.53. The number of hydrogen-bond acceptors (Lipinski definition) is 4. The van der Waals surface area contributed by atoms with Crippen molar-refractivity contribution in [1.29, 1.82) is 0 Å². The van der Waals surface area contributed by atoms with Crippen LogP contribution in [0.2, 0.25) is 0 Å². The van der Waals surface area contributed by atoms with Gasteiger partial charge in [-0.25, -0.2) is 4.98 Å². The molecule has 0 amide bonds. The molecule has 0 unspecified atom stereocenters. The Morgan fingerprint density at radius 3 is 2.53 bits per heavy atom. The molecule has 0 saturated heterocycles. The van der Waals surface area contributed by atoms with Crippen molar-refractivity contribution in [3.05, 3.63) is 103 Å². The fourth-order valence-electron chi connectivity index (χ4n) is 4.65. The van der Waals surface area contributed by atoms with Crippen LogP contribution >= 0.6 is 0 Å². The number of furan rings is 1. The van der Waals surface area contributed by atoms with E-state index >= 15 is 0 Å². The summed E-state index contributed by atoms with van der Waals surface area (Å²) in [6.07, 6.45) is 7.93. The third-order valence-corrected chi connectivity index (χ3v) is 6.13. The predicted octanol–water partition coefficient (Wildman–Crippen LogP) is 7.32. The van der Waals surface area contributed by atoms with Gasteiger partial charge in [-0.3, -0.25) is 4.98 Å². The topological polar surface area (TPSA) is 42.2 Å². The Morgan fingerprint density at radius 2 is 1.66 bits per heavy atom. The first-order valence-corrected chi connectivity index (χ1v) is 10.6. The smallest absolute Gasteiger partial charge is 0.143 e. The van der Waals surface area contributed by atoms with Crippen LogP contribution in [0.25, 0.3) is 50.0 Å². The van der Waals surface area contributed by atoms with Gasteiger partial charge >= 0.3 is 0 Å². The number of fused-ring (bicyclic) bond motifs is 4. The molecule has 1 aliphatic heterocycles. The number of rotatable bonds is 2. The van der Waals surface area contributed by atoms with Crippen LogP contribution in [-0.2, 0) is 0 Å². The maximum atomic E-state index is 6.28. The van der Waals surface area contributed by atoms with Gasteiger partial charge in [0, 0.05) is 45.7 Å². The lowest BCUT2D eigenvalue weighted by molar-refractivity contribution is 0.672. The number of anilines is 2. The molecule has 7 rings (SSSR count). The van der Waals surface area contributed by atoms with Crippen LogP contribution in [0.15, 0.2) is 102 Å². The van der Waals surface area contributed by atoms with E-state index in [1.165, 1.54) is 10.9 Å². The van der Waals surface area contributed by atoms with E-state index in [9.17, 15) is 0 Å². The molecule has 0 fully saturated rings. The van der Waals surface area contributed by atoms with Crippen molar-refractivity contribution < 1.29 is 4.42 Å². The fourth-order valence-corrected chi connectivity index (χ4v) is 4.65. The molecule has 4 heterocycles. The number of hydrogen-bond donors (Lipinski definition) is 0. The molecule has 6 aromatic rings. The van der Waals surface area contributed by atoms with Gasteiger partial charge in [0.1, 0.15) is 17.0 Å². The van der Waals surface area contributed by atoms with Gasteiger partial charge in [-0.05, 0) is 54.1 Å². The highest BCUT2D eigenvalue weighted by Crippen LogP contribution is 2.43. The molecule has 3 aromatic heterocycles. The molecule has 4 heteroatoms. The zero-order valence-corrected chi connectivity index (χ0v) is 17.1. The van der Waals surface area contributed by atoms with Crippen LogP contribution in [0.1, 0.15) is 5.56 Å². The van der Waals surface area contributed by atoms with E-state index in [1.54, 1.807) is 6.20 Å². The molecule has 0 bridgehead atoms. The Morgan fingerprint density at radius 1 is 0.750 bits per heavy atom. The van der Waals surface area contributed by atoms with Gasteiger partial charge in [-0.1, -0.05) is 36.4 Å². The molecule has 4 nitrogen and oxygen atoms in total. The Hall–Kier alpha value is -4.44. The van der Waals surface area contributed by atoms with E-state index in [1.807, 2.05) is 42.6 Å². The second-order valence-electron chi connectivity index (χ2n) is 7.95. The van der Waals surface area contributed by atoms with Crippen LogP contribution in [0.5, 0.6) is 0 Å². The quantitative estimate of drug-likeness (QED) is 0.299. The normalized spacial score (nSPS) is 12.8. The van der Waals surface area contributed by atoms with Crippen LogP contribution in [0, 0.1) is 0 Å². The first-order valence-electron chi connectivity index (χ1n) is 10.6. The molecule has 3 aromatic carbocycles. The van der Waals surface area contributed by atoms with Crippen molar-refractivity contribution in [3.8, 4) is 11.3 Å². The van der Waals surface area contributed by atoms with Crippen LogP contribution in [0.3, 0.4) is 0 Å². The monoisotopic (exact) mass is 411 g/mol. The van der Waals surface area contributed by atoms with Crippen molar-refractivity contribution in [2.24, 2.45) is 0 Å². The van der Waals surface area contributed by atoms with Gasteiger partial charge < -0.3 is 9.32 Å². The summed E-state index contributed by atoms with van der Waals surface area (Å²) in [5.74, 6) is 0.865. The lowest BCUT2D eigenvalue weighted by Gasteiger charge is -2.26. The number of para-hydroxylation sites is 1. The Bertz CT molecular complexity index is 1660. The number of aromatic nitrogens is 2. The van der Waals surface area contributed by atoms with Gasteiger partial charge in [-0.15, -0.1) is 0 Å². The number of benzene rings is 3. The molecule has 150 valence electrons. The summed E-state index contributed by atoms with van der Waals surface area (Å²) >= 11 is 0. The summed E-state index contributed by atoms with van der Waals surface area (Å²) in [5.41, 5.74) is 6.05. The van der Waals surface area contributed by atoms with Gasteiger partial charge in [0.25, 0.3) is 0 Å². The Balaban J connectivity index is 1.40. The molecule has 0 saturated carbocycles. The SMILES string of the molecule is C1=CN(c2ccc(-c3ccccn3)cn2)c2cccc3c2c1cc1c2ccccc2oc31. The van der Waals surface area contributed by atoms with E-state index in [0.29, 0.717) is 0 Å². The molecule has 0 aliphatic carbocycles. The van der Waals surface area contributed by atoms with Crippen LogP contribution < -0.4 is 4.90 Å². The first kappa shape index (κ1) is 17.3. The van der Waals surface area contributed by atoms with E-state index < -0.39 is 0 Å². The molecule has 1 aliphatic rings. The average Bonchev–Trinajstić information content (AvgIpc) is 3.24. The maximum absolute atomic E-state index is 6.28. The van der Waals surface area contributed by atoms with E-state index in [0.717, 1.165) is 50.1 Å². The summed E-state index contributed by atoms with van der Waals surface area (Å²) in [5, 5.41) is 4.59. The summed E-state index contributed by atoms with van der Waals surface area (Å²) in [6, 6.07) is 26.8. The van der Waals surface area contributed by atoms with Gasteiger partial charge in [-0.2, -0.15) is 0 Å². The lowest BCUT2D eigenvalue weighted by Crippen LogP contribution is -2.13. The average molecular weight is 411 g/mol. The Kier molecular flexibility index (Phi) is 3.52. The molecule has 0 spiro atoms. The fraction of sp³-hybridized carbons (Fsp3) is 0. The second-order valence-corrected chi connectivity index (χ2v) is 7.95. The zero-order chi connectivity index (χ0) is 21.1. The minimum Gasteiger partial charge on any atom is -0.455 e. The first-order chi connectivity index (χ1) is 15.9. The summed E-state index contributed by atoms with van der Waals surface area (Å²) in [6.45, 7) is 0. The third kappa shape index (κ3) is 2.44. The summed E-state index contributed by atoms with van der Waals surface area (Å²) in [4.78, 5) is 11.3. The minimum atomic E-state index is 0.865. The van der Waals surface area contributed by atoms with Crippen molar-refractivity contribution in [2.45, 2.75) is 0 Å². The summed E-state index contributed by atoms with van der Waals surface area (Å²) < 4.78 is 6.28. The van der Waals surface area contributed by atoms with Gasteiger partial charge in [0.2, 0.25) is 0 Å². The van der Waals surface area contributed by atoms with Crippen molar-refractivity contribution in [1.82, 2.24) is 9.97 Å². The largest absolute Gasteiger partial charge is 0.455 e. The molecule has 0 radical (unpaired) electrons.